The molecule has 2 bridgehead atoms. The van der Waals surface area contributed by atoms with Crippen LogP contribution in [0.2, 0.25) is 0 Å². The first kappa shape index (κ1) is 22.3. The number of rotatable bonds is 6. The van der Waals surface area contributed by atoms with Crippen LogP contribution < -0.4 is 4.90 Å². The van der Waals surface area contributed by atoms with Gasteiger partial charge in [0.2, 0.25) is 11.8 Å². The predicted octanol–water partition coefficient (Wildman–Crippen LogP) is 3.45. The summed E-state index contributed by atoms with van der Waals surface area (Å²) in [4.78, 5) is 65.5. The Morgan fingerprint density at radius 2 is 1.58 bits per heavy atom. The van der Waals surface area contributed by atoms with Gasteiger partial charge < -0.3 is 0 Å². The normalized spacial score (nSPS) is 29.1. The van der Waals surface area contributed by atoms with Crippen molar-refractivity contribution in [2.75, 3.05) is 11.6 Å². The van der Waals surface area contributed by atoms with Crippen LogP contribution in [0.3, 0.4) is 0 Å². The van der Waals surface area contributed by atoms with Crippen molar-refractivity contribution >= 4 is 34.9 Å². The maximum Gasteiger partial charge on any atom is 0.270 e. The number of nitro benzene ring substituents is 1. The summed E-state index contributed by atoms with van der Waals surface area (Å²) in [6.45, 7) is 1.12. The zero-order valence-electron chi connectivity index (χ0n) is 19.4. The molecule has 5 aliphatic rings. The summed E-state index contributed by atoms with van der Waals surface area (Å²) >= 11 is 0. The Bertz CT molecular complexity index is 1330. The second kappa shape index (κ2) is 7.94. The van der Waals surface area contributed by atoms with Crippen LogP contribution in [0.5, 0.6) is 0 Å². The van der Waals surface area contributed by atoms with Crippen molar-refractivity contribution in [2.24, 2.45) is 35.5 Å². The molecule has 0 aromatic heterocycles. The molecule has 182 valence electrons. The fourth-order valence-electron chi connectivity index (χ4n) is 6.35. The molecule has 6 atom stereocenters. The molecule has 2 saturated carbocycles. The summed E-state index contributed by atoms with van der Waals surface area (Å²) in [6.07, 6.45) is 5.22. The molecule has 0 spiro atoms. The first-order chi connectivity index (χ1) is 17.3. The molecule has 1 heterocycles. The molecule has 9 heteroatoms. The Hall–Kier alpha value is -4.14. The van der Waals surface area contributed by atoms with Crippen LogP contribution in [0, 0.1) is 45.6 Å². The SMILES string of the molecule is CC(=O)c1ccc(N(CN2C(=O)C3C4C=CC(C5CC45)C3C2=O)C(=O)c2cccc([N+](=O)[O-])c2)cc1. The second-order valence-electron chi connectivity index (χ2n) is 10.0. The highest BCUT2D eigenvalue weighted by molar-refractivity contribution is 6.10. The molecule has 3 fully saturated rings. The van der Waals surface area contributed by atoms with E-state index in [0.717, 1.165) is 6.42 Å². The Balaban J connectivity index is 1.35. The maximum absolute atomic E-state index is 13.6. The summed E-state index contributed by atoms with van der Waals surface area (Å²) in [5.41, 5.74) is 0.631. The molecule has 1 aliphatic heterocycles. The maximum atomic E-state index is 13.6. The number of carbonyl (C=O) groups excluding carboxylic acids is 4. The zero-order valence-corrected chi connectivity index (χ0v) is 19.4. The summed E-state index contributed by atoms with van der Waals surface area (Å²) < 4.78 is 0. The van der Waals surface area contributed by atoms with Crippen LogP contribution >= 0.6 is 0 Å². The van der Waals surface area contributed by atoms with E-state index in [9.17, 15) is 29.3 Å². The minimum Gasteiger partial charge on any atom is -0.295 e. The summed E-state index contributed by atoms with van der Waals surface area (Å²) in [5, 5.41) is 11.3. The lowest BCUT2D eigenvalue weighted by Gasteiger charge is -2.37. The van der Waals surface area contributed by atoms with E-state index in [-0.39, 0.29) is 47.4 Å². The van der Waals surface area contributed by atoms with E-state index in [4.69, 9.17) is 0 Å². The van der Waals surface area contributed by atoms with Crippen molar-refractivity contribution in [1.29, 1.82) is 0 Å². The molecular weight excluding hydrogens is 462 g/mol. The number of anilines is 1. The number of Topliss-reactive ketones (excluding diaryl/α,β-unsaturated/α-hetero) is 1. The van der Waals surface area contributed by atoms with Crippen LogP contribution in [-0.4, -0.2) is 40.0 Å². The molecule has 6 unspecified atom stereocenters. The van der Waals surface area contributed by atoms with Crippen molar-refractivity contribution in [2.45, 2.75) is 13.3 Å². The average Bonchev–Trinajstić information content (AvgIpc) is 3.67. The number of imide groups is 1. The van der Waals surface area contributed by atoms with Gasteiger partial charge in [0.15, 0.2) is 5.78 Å². The number of amides is 3. The highest BCUT2D eigenvalue weighted by atomic mass is 16.6. The van der Waals surface area contributed by atoms with Gasteiger partial charge in [-0.25, -0.2) is 0 Å². The monoisotopic (exact) mass is 485 g/mol. The number of nitro groups is 1. The first-order valence-corrected chi connectivity index (χ1v) is 12.0. The van der Waals surface area contributed by atoms with Gasteiger partial charge in [-0.1, -0.05) is 18.2 Å². The van der Waals surface area contributed by atoms with E-state index in [1.54, 1.807) is 24.3 Å². The van der Waals surface area contributed by atoms with Crippen LogP contribution in [0.1, 0.15) is 34.1 Å². The molecule has 9 nitrogen and oxygen atoms in total. The topological polar surface area (TPSA) is 118 Å². The Morgan fingerprint density at radius 1 is 0.972 bits per heavy atom. The zero-order chi connectivity index (χ0) is 25.3. The Kier molecular flexibility index (Phi) is 4.93. The molecule has 2 aromatic rings. The molecule has 1 saturated heterocycles. The van der Waals surface area contributed by atoms with Gasteiger partial charge in [0.05, 0.1) is 16.8 Å². The average molecular weight is 485 g/mol. The molecule has 2 aromatic carbocycles. The molecular formula is C27H23N3O6. The third-order valence-corrected chi connectivity index (χ3v) is 8.17. The van der Waals surface area contributed by atoms with Gasteiger partial charge in [-0.2, -0.15) is 0 Å². The van der Waals surface area contributed by atoms with Gasteiger partial charge in [0.25, 0.3) is 11.6 Å². The number of nitrogens with zero attached hydrogens (tertiary/aromatic N) is 3. The lowest BCUT2D eigenvalue weighted by Crippen LogP contribution is -2.45. The second-order valence-corrected chi connectivity index (χ2v) is 10.0. The van der Waals surface area contributed by atoms with Crippen LogP contribution in [-0.2, 0) is 9.59 Å². The molecule has 4 aliphatic carbocycles. The van der Waals surface area contributed by atoms with E-state index in [2.05, 4.69) is 12.2 Å². The van der Waals surface area contributed by atoms with Gasteiger partial charge >= 0.3 is 0 Å². The number of hydrogen-bond acceptors (Lipinski definition) is 6. The number of allylic oxidation sites excluding steroid dienone is 2. The van der Waals surface area contributed by atoms with Gasteiger partial charge in [-0.05, 0) is 67.3 Å². The Labute approximate surface area is 206 Å². The summed E-state index contributed by atoms with van der Waals surface area (Å²) in [7, 11) is 0. The molecule has 0 radical (unpaired) electrons. The van der Waals surface area contributed by atoms with Crippen molar-refractivity contribution in [3.63, 3.8) is 0 Å². The lowest BCUT2D eigenvalue weighted by atomic mass is 9.63. The molecule has 0 N–H and O–H groups in total. The van der Waals surface area contributed by atoms with Crippen molar-refractivity contribution in [3.8, 4) is 0 Å². The summed E-state index contributed by atoms with van der Waals surface area (Å²) in [5.74, 6) is -1.04. The van der Waals surface area contributed by atoms with E-state index < -0.39 is 22.7 Å². The highest BCUT2D eigenvalue weighted by Gasteiger charge is 2.67. The molecule has 3 amide bonds. The first-order valence-electron chi connectivity index (χ1n) is 12.0. The number of benzene rings is 2. The highest BCUT2D eigenvalue weighted by Crippen LogP contribution is 2.65. The largest absolute Gasteiger partial charge is 0.295 e. The minimum absolute atomic E-state index is 0.0549. The smallest absolute Gasteiger partial charge is 0.270 e. The van der Waals surface area contributed by atoms with Crippen LogP contribution in [0.4, 0.5) is 11.4 Å². The van der Waals surface area contributed by atoms with Crippen LogP contribution in [0.25, 0.3) is 0 Å². The van der Waals surface area contributed by atoms with Gasteiger partial charge in [-0.15, -0.1) is 0 Å². The van der Waals surface area contributed by atoms with Gasteiger partial charge in [0.1, 0.15) is 6.67 Å². The fraction of sp³-hybridized carbons (Fsp3) is 0.333. The van der Waals surface area contributed by atoms with E-state index >= 15 is 0 Å². The van der Waals surface area contributed by atoms with Gasteiger partial charge in [-0.3, -0.25) is 39.1 Å². The van der Waals surface area contributed by atoms with Crippen molar-refractivity contribution in [3.05, 3.63) is 81.9 Å². The standard InChI is InChI=1S/C27H23N3O6/c1-14(31)15-5-7-17(8-6-15)28(25(32)16-3-2-4-18(11-16)30(35)36)13-29-26(33)23-19-9-10-20(22-12-21(19)22)24(23)27(29)34/h2-11,19-24H,12-13H2,1H3. The Morgan fingerprint density at radius 3 is 2.14 bits per heavy atom. The van der Waals surface area contributed by atoms with Crippen molar-refractivity contribution in [1.82, 2.24) is 4.90 Å². The predicted molar refractivity (Wildman–Crippen MR) is 128 cm³/mol. The summed E-state index contributed by atoms with van der Waals surface area (Å²) in [6, 6.07) is 11.6. The molecule has 7 rings (SSSR count). The molecule has 36 heavy (non-hydrogen) atoms. The van der Waals surface area contributed by atoms with E-state index in [0.29, 0.717) is 23.1 Å². The third-order valence-electron chi connectivity index (χ3n) is 8.17. The number of carbonyl (C=O) groups is 4. The van der Waals surface area contributed by atoms with Crippen molar-refractivity contribution < 1.29 is 24.1 Å². The van der Waals surface area contributed by atoms with E-state index in [1.165, 1.54) is 41.0 Å². The fourth-order valence-corrected chi connectivity index (χ4v) is 6.35. The van der Waals surface area contributed by atoms with E-state index in [1.807, 2.05) is 0 Å². The number of hydrogen-bond donors (Lipinski definition) is 0. The minimum atomic E-state index is -0.589. The third kappa shape index (κ3) is 3.30. The quantitative estimate of drug-likeness (QED) is 0.203. The number of ketones is 1. The lowest BCUT2D eigenvalue weighted by molar-refractivity contribution is -0.384. The number of likely N-dealkylation sites (tertiary alicyclic amines) is 1. The number of non-ortho nitro benzene ring substituents is 1. The van der Waals surface area contributed by atoms with Gasteiger partial charge in [0, 0.05) is 28.9 Å². The van der Waals surface area contributed by atoms with Crippen LogP contribution in [0.15, 0.2) is 60.7 Å².